The predicted molar refractivity (Wildman–Crippen MR) is 74.3 cm³/mol. The van der Waals surface area contributed by atoms with Crippen molar-refractivity contribution in [2.24, 2.45) is 19.5 Å². The van der Waals surface area contributed by atoms with E-state index in [9.17, 15) is 9.59 Å². The number of imidazole rings is 1. The molecule has 0 amide bonds. The third-order valence-electron chi connectivity index (χ3n) is 3.32. The van der Waals surface area contributed by atoms with Gasteiger partial charge >= 0.3 is 5.69 Å². The van der Waals surface area contributed by atoms with E-state index in [0.29, 0.717) is 17.7 Å². The lowest BCUT2D eigenvalue weighted by Crippen LogP contribution is -2.37. The molecule has 6 heteroatoms. The normalized spacial score (nSPS) is 12.3. The van der Waals surface area contributed by atoms with Gasteiger partial charge in [0, 0.05) is 20.6 Å². The minimum absolute atomic E-state index is 0.183. The van der Waals surface area contributed by atoms with Gasteiger partial charge in [-0.15, -0.1) is 0 Å². The molecule has 0 aliphatic heterocycles. The van der Waals surface area contributed by atoms with Crippen LogP contribution < -0.4 is 11.2 Å². The summed E-state index contributed by atoms with van der Waals surface area (Å²) in [7, 11) is 3.12. The molecule has 0 saturated heterocycles. The van der Waals surface area contributed by atoms with Crippen LogP contribution in [0.4, 0.5) is 0 Å². The molecular weight excluding hydrogens is 244 g/mol. The highest BCUT2D eigenvalue weighted by Gasteiger charge is 2.16. The molecule has 0 aromatic carbocycles. The van der Waals surface area contributed by atoms with Crippen molar-refractivity contribution in [3.63, 3.8) is 0 Å². The van der Waals surface area contributed by atoms with Crippen LogP contribution in [0.15, 0.2) is 15.9 Å². The Labute approximate surface area is 111 Å². The zero-order valence-corrected chi connectivity index (χ0v) is 12.1. The molecule has 0 spiro atoms. The standard InChI is InChI=1S/C13H20N4O2/c1-13(2,3)6-7-17-8-14-10-9(17)11(18)16(5)12(19)15(10)4/h8H,6-7H2,1-5H3. The van der Waals surface area contributed by atoms with Gasteiger partial charge in [-0.05, 0) is 11.8 Å². The first-order valence-corrected chi connectivity index (χ1v) is 6.33. The van der Waals surface area contributed by atoms with Crippen LogP contribution in [-0.4, -0.2) is 18.7 Å². The molecule has 0 fully saturated rings. The van der Waals surface area contributed by atoms with Crippen LogP contribution in [0.2, 0.25) is 0 Å². The number of fused-ring (bicyclic) bond motifs is 1. The van der Waals surface area contributed by atoms with Crippen LogP contribution in [0.25, 0.3) is 11.2 Å². The Morgan fingerprint density at radius 2 is 1.79 bits per heavy atom. The van der Waals surface area contributed by atoms with E-state index in [0.717, 1.165) is 11.0 Å². The van der Waals surface area contributed by atoms with Crippen molar-refractivity contribution in [3.8, 4) is 0 Å². The summed E-state index contributed by atoms with van der Waals surface area (Å²) in [5, 5.41) is 0. The number of hydrogen-bond acceptors (Lipinski definition) is 3. The quantitative estimate of drug-likeness (QED) is 0.808. The summed E-state index contributed by atoms with van der Waals surface area (Å²) in [6.07, 6.45) is 2.57. The monoisotopic (exact) mass is 264 g/mol. The highest BCUT2D eigenvalue weighted by molar-refractivity contribution is 5.69. The van der Waals surface area contributed by atoms with E-state index in [1.165, 1.54) is 11.6 Å². The van der Waals surface area contributed by atoms with Gasteiger partial charge in [-0.25, -0.2) is 9.78 Å². The second kappa shape index (κ2) is 4.36. The molecule has 104 valence electrons. The van der Waals surface area contributed by atoms with Crippen molar-refractivity contribution < 1.29 is 0 Å². The second-order valence-electron chi connectivity index (χ2n) is 6.13. The van der Waals surface area contributed by atoms with E-state index in [1.807, 2.05) is 4.57 Å². The van der Waals surface area contributed by atoms with E-state index in [2.05, 4.69) is 25.8 Å². The van der Waals surface area contributed by atoms with E-state index >= 15 is 0 Å². The Hall–Kier alpha value is -1.85. The zero-order chi connectivity index (χ0) is 14.4. The fraction of sp³-hybridized carbons (Fsp3) is 0.615. The Balaban J connectivity index is 2.61. The maximum absolute atomic E-state index is 12.2. The SMILES string of the molecule is Cn1c(=O)c2c(ncn2CCC(C)(C)C)n(C)c1=O. The van der Waals surface area contributed by atoms with Crippen LogP contribution in [0.1, 0.15) is 27.2 Å². The summed E-state index contributed by atoms with van der Waals surface area (Å²) in [5.41, 5.74) is 0.488. The summed E-state index contributed by atoms with van der Waals surface area (Å²) in [4.78, 5) is 28.2. The molecule has 0 aliphatic carbocycles. The first-order chi connectivity index (χ1) is 8.72. The van der Waals surface area contributed by atoms with E-state index in [4.69, 9.17) is 0 Å². The fourth-order valence-electron chi connectivity index (χ4n) is 2.02. The predicted octanol–water partition coefficient (Wildman–Crippen LogP) is 0.870. The zero-order valence-electron chi connectivity index (χ0n) is 12.1. The average molecular weight is 264 g/mol. The third-order valence-corrected chi connectivity index (χ3v) is 3.32. The molecule has 19 heavy (non-hydrogen) atoms. The lowest BCUT2D eigenvalue weighted by atomic mass is 9.92. The van der Waals surface area contributed by atoms with Gasteiger partial charge in [0.05, 0.1) is 6.33 Å². The second-order valence-corrected chi connectivity index (χ2v) is 6.13. The molecule has 0 N–H and O–H groups in total. The Morgan fingerprint density at radius 3 is 2.37 bits per heavy atom. The molecule has 0 atom stereocenters. The van der Waals surface area contributed by atoms with Crippen molar-refractivity contribution in [2.45, 2.75) is 33.7 Å². The molecular formula is C13H20N4O2. The van der Waals surface area contributed by atoms with Crippen LogP contribution in [-0.2, 0) is 20.6 Å². The molecule has 0 bridgehead atoms. The topological polar surface area (TPSA) is 61.8 Å². The molecule has 0 unspecified atom stereocenters. The summed E-state index contributed by atoms with van der Waals surface area (Å²) < 4.78 is 4.37. The summed E-state index contributed by atoms with van der Waals surface area (Å²) in [5.74, 6) is 0. The fourth-order valence-corrected chi connectivity index (χ4v) is 2.02. The van der Waals surface area contributed by atoms with Crippen molar-refractivity contribution >= 4 is 11.2 Å². The third kappa shape index (κ3) is 2.34. The molecule has 0 saturated carbocycles. The van der Waals surface area contributed by atoms with Crippen LogP contribution in [0.3, 0.4) is 0 Å². The first kappa shape index (κ1) is 13.6. The molecule has 2 aromatic heterocycles. The molecule has 0 aliphatic rings. The number of nitrogens with zero attached hydrogens (tertiary/aromatic N) is 4. The highest BCUT2D eigenvalue weighted by Crippen LogP contribution is 2.20. The summed E-state index contributed by atoms with van der Waals surface area (Å²) in [6, 6.07) is 0. The van der Waals surface area contributed by atoms with Gasteiger partial charge in [-0.3, -0.25) is 13.9 Å². The van der Waals surface area contributed by atoms with Gasteiger partial charge in [0.15, 0.2) is 11.2 Å². The molecule has 2 aromatic rings. The van der Waals surface area contributed by atoms with Gasteiger partial charge in [-0.1, -0.05) is 20.8 Å². The van der Waals surface area contributed by atoms with E-state index in [1.54, 1.807) is 13.4 Å². The van der Waals surface area contributed by atoms with Crippen molar-refractivity contribution in [1.82, 2.24) is 18.7 Å². The van der Waals surface area contributed by atoms with Crippen molar-refractivity contribution in [3.05, 3.63) is 27.2 Å². The minimum atomic E-state index is -0.349. The summed E-state index contributed by atoms with van der Waals surface area (Å²) >= 11 is 0. The molecule has 2 heterocycles. The average Bonchev–Trinajstić information content (AvgIpc) is 2.74. The maximum atomic E-state index is 12.2. The lowest BCUT2D eigenvalue weighted by molar-refractivity contribution is 0.352. The van der Waals surface area contributed by atoms with Crippen molar-refractivity contribution in [2.75, 3.05) is 0 Å². The maximum Gasteiger partial charge on any atom is 0.332 e. The summed E-state index contributed by atoms with van der Waals surface area (Å²) in [6.45, 7) is 7.17. The van der Waals surface area contributed by atoms with Gasteiger partial charge in [-0.2, -0.15) is 0 Å². The largest absolute Gasteiger partial charge is 0.332 e. The number of rotatable bonds is 2. The van der Waals surface area contributed by atoms with Gasteiger partial charge in [0.25, 0.3) is 5.56 Å². The van der Waals surface area contributed by atoms with Gasteiger partial charge in [0.1, 0.15) is 0 Å². The Kier molecular flexibility index (Phi) is 3.12. The smallest absolute Gasteiger partial charge is 0.325 e. The number of aromatic nitrogens is 4. The van der Waals surface area contributed by atoms with Crippen LogP contribution >= 0.6 is 0 Å². The van der Waals surface area contributed by atoms with Crippen LogP contribution in [0.5, 0.6) is 0 Å². The Morgan fingerprint density at radius 1 is 1.16 bits per heavy atom. The van der Waals surface area contributed by atoms with E-state index < -0.39 is 0 Å². The number of hydrogen-bond donors (Lipinski definition) is 0. The van der Waals surface area contributed by atoms with Gasteiger partial charge in [0.2, 0.25) is 0 Å². The molecule has 6 nitrogen and oxygen atoms in total. The molecule has 0 radical (unpaired) electrons. The highest BCUT2D eigenvalue weighted by atomic mass is 16.2. The molecule has 2 rings (SSSR count). The first-order valence-electron chi connectivity index (χ1n) is 6.33. The Bertz CT molecular complexity index is 728. The number of aryl methyl sites for hydroxylation is 2. The van der Waals surface area contributed by atoms with Crippen LogP contribution in [0, 0.1) is 5.41 Å². The van der Waals surface area contributed by atoms with Gasteiger partial charge < -0.3 is 4.57 Å². The van der Waals surface area contributed by atoms with Crippen molar-refractivity contribution in [1.29, 1.82) is 0 Å². The van der Waals surface area contributed by atoms with E-state index in [-0.39, 0.29) is 16.7 Å². The lowest BCUT2D eigenvalue weighted by Gasteiger charge is -2.18. The minimum Gasteiger partial charge on any atom is -0.325 e.